The number of halogens is 1. The molecule has 0 aliphatic heterocycles. The van der Waals surface area contributed by atoms with Crippen molar-refractivity contribution in [3.63, 3.8) is 0 Å². The van der Waals surface area contributed by atoms with E-state index in [1.54, 1.807) is 17.9 Å². The molecule has 1 fully saturated rings. The molecule has 25 heavy (non-hydrogen) atoms. The van der Waals surface area contributed by atoms with Crippen LogP contribution in [0.3, 0.4) is 0 Å². The summed E-state index contributed by atoms with van der Waals surface area (Å²) in [4.78, 5) is 21.8. The van der Waals surface area contributed by atoms with Gasteiger partial charge in [0.05, 0.1) is 24.0 Å². The predicted molar refractivity (Wildman–Crippen MR) is 102 cm³/mol. The number of nitrogens with zero attached hydrogens (tertiary/aromatic N) is 3. The van der Waals surface area contributed by atoms with Crippen LogP contribution in [0.5, 0.6) is 0 Å². The Bertz CT molecular complexity index is 846. The lowest BCUT2D eigenvalue weighted by Gasteiger charge is -2.20. The van der Waals surface area contributed by atoms with Crippen molar-refractivity contribution >= 4 is 27.4 Å². The second-order valence-corrected chi connectivity index (χ2v) is 7.45. The summed E-state index contributed by atoms with van der Waals surface area (Å²) in [6.45, 7) is 6.41. The summed E-state index contributed by atoms with van der Waals surface area (Å²) < 4.78 is 7.69. The van der Waals surface area contributed by atoms with Gasteiger partial charge in [-0.25, -0.2) is 4.98 Å². The number of anilines is 2. The summed E-state index contributed by atoms with van der Waals surface area (Å²) >= 11 is 3.43. The van der Waals surface area contributed by atoms with Crippen molar-refractivity contribution in [1.82, 2.24) is 14.5 Å². The highest BCUT2D eigenvalue weighted by molar-refractivity contribution is 9.10. The van der Waals surface area contributed by atoms with Crippen molar-refractivity contribution in [1.29, 1.82) is 0 Å². The SMILES string of the molecule is COCC(C1CC1)n1cc(Br)nc(Nc2cc(C)c(C)nc2C)c1=O. The molecule has 2 aromatic heterocycles. The Balaban J connectivity index is 2.00. The number of aryl methyl sites for hydroxylation is 3. The first-order valence-electron chi connectivity index (χ1n) is 8.40. The monoisotopic (exact) mass is 406 g/mol. The van der Waals surface area contributed by atoms with Gasteiger partial charge < -0.3 is 14.6 Å². The van der Waals surface area contributed by atoms with E-state index in [0.717, 1.165) is 35.5 Å². The van der Waals surface area contributed by atoms with Gasteiger partial charge in [-0.2, -0.15) is 0 Å². The van der Waals surface area contributed by atoms with Crippen LogP contribution in [0.2, 0.25) is 0 Å². The lowest BCUT2D eigenvalue weighted by atomic mass is 10.2. The van der Waals surface area contributed by atoms with Crippen LogP contribution in [-0.2, 0) is 4.74 Å². The zero-order valence-corrected chi connectivity index (χ0v) is 16.6. The van der Waals surface area contributed by atoms with E-state index in [1.807, 2.05) is 26.8 Å². The van der Waals surface area contributed by atoms with Crippen molar-refractivity contribution in [2.24, 2.45) is 5.92 Å². The fourth-order valence-corrected chi connectivity index (χ4v) is 3.38. The maximum Gasteiger partial charge on any atom is 0.294 e. The maximum absolute atomic E-state index is 13.0. The summed E-state index contributed by atoms with van der Waals surface area (Å²) in [7, 11) is 1.67. The molecule has 0 amide bonds. The molecule has 2 aromatic rings. The lowest BCUT2D eigenvalue weighted by molar-refractivity contribution is 0.143. The quantitative estimate of drug-likeness (QED) is 0.792. The van der Waals surface area contributed by atoms with Gasteiger partial charge >= 0.3 is 0 Å². The predicted octanol–water partition coefficient (Wildman–Crippen LogP) is 3.67. The normalized spacial score (nSPS) is 15.2. The fourth-order valence-electron chi connectivity index (χ4n) is 2.98. The van der Waals surface area contributed by atoms with Crippen LogP contribution < -0.4 is 10.9 Å². The van der Waals surface area contributed by atoms with Crippen molar-refractivity contribution in [2.75, 3.05) is 19.0 Å². The molecule has 0 radical (unpaired) electrons. The van der Waals surface area contributed by atoms with Crippen LogP contribution in [0.25, 0.3) is 0 Å². The Morgan fingerprint density at radius 3 is 2.68 bits per heavy atom. The minimum atomic E-state index is -0.144. The Labute approximate surface area is 155 Å². The zero-order valence-electron chi connectivity index (χ0n) is 15.0. The molecule has 3 rings (SSSR count). The van der Waals surface area contributed by atoms with E-state index in [9.17, 15) is 4.79 Å². The van der Waals surface area contributed by atoms with Gasteiger partial charge in [0.25, 0.3) is 5.56 Å². The van der Waals surface area contributed by atoms with Crippen LogP contribution >= 0.6 is 15.9 Å². The Morgan fingerprint density at radius 1 is 1.32 bits per heavy atom. The third-order valence-electron chi connectivity index (χ3n) is 4.67. The molecule has 134 valence electrons. The first-order valence-corrected chi connectivity index (χ1v) is 9.19. The Hall–Kier alpha value is -1.73. The van der Waals surface area contributed by atoms with Gasteiger partial charge in [-0.15, -0.1) is 0 Å². The number of nitrogens with one attached hydrogen (secondary N) is 1. The topological polar surface area (TPSA) is 69.0 Å². The number of aromatic nitrogens is 3. The van der Waals surface area contributed by atoms with Gasteiger partial charge in [-0.3, -0.25) is 9.78 Å². The summed E-state index contributed by atoms with van der Waals surface area (Å²) in [6.07, 6.45) is 4.01. The van der Waals surface area contributed by atoms with Crippen LogP contribution in [0, 0.1) is 26.7 Å². The highest BCUT2D eigenvalue weighted by Gasteiger charge is 2.33. The largest absolute Gasteiger partial charge is 0.383 e. The van der Waals surface area contributed by atoms with Crippen molar-refractivity contribution < 1.29 is 4.74 Å². The number of ether oxygens (including phenoxy) is 1. The number of hydrogen-bond acceptors (Lipinski definition) is 5. The fraction of sp³-hybridized carbons (Fsp3) is 0.500. The molecule has 7 heteroatoms. The minimum absolute atomic E-state index is 0.0383. The smallest absolute Gasteiger partial charge is 0.294 e. The standard InChI is InChI=1S/C18H23BrN4O2/c1-10-7-14(12(3)20-11(10)2)21-17-18(24)23(8-16(19)22-17)15(9-25-4)13-5-6-13/h7-8,13,15H,5-6,9H2,1-4H3,(H,21,22). The van der Waals surface area contributed by atoms with E-state index in [2.05, 4.69) is 31.2 Å². The highest BCUT2D eigenvalue weighted by Crippen LogP contribution is 2.39. The molecule has 2 heterocycles. The zero-order chi connectivity index (χ0) is 18.1. The molecule has 0 bridgehead atoms. The van der Waals surface area contributed by atoms with E-state index in [4.69, 9.17) is 4.74 Å². The Morgan fingerprint density at radius 2 is 2.04 bits per heavy atom. The molecule has 1 saturated carbocycles. The molecular formula is C18H23BrN4O2. The average Bonchev–Trinajstić information content (AvgIpc) is 3.38. The maximum atomic E-state index is 13.0. The van der Waals surface area contributed by atoms with Crippen molar-refractivity contribution in [3.05, 3.63) is 44.2 Å². The minimum Gasteiger partial charge on any atom is -0.383 e. The molecule has 0 aromatic carbocycles. The molecular weight excluding hydrogens is 384 g/mol. The van der Waals surface area contributed by atoms with Crippen molar-refractivity contribution in [3.8, 4) is 0 Å². The van der Waals surface area contributed by atoms with E-state index >= 15 is 0 Å². The van der Waals surface area contributed by atoms with Crippen molar-refractivity contribution in [2.45, 2.75) is 39.7 Å². The molecule has 1 unspecified atom stereocenters. The number of rotatable bonds is 6. The molecule has 6 nitrogen and oxygen atoms in total. The molecule has 0 spiro atoms. The summed E-state index contributed by atoms with van der Waals surface area (Å²) in [6, 6.07) is 2.04. The van der Waals surface area contributed by atoms with Crippen LogP contribution in [0.1, 0.15) is 35.8 Å². The number of methoxy groups -OCH3 is 1. The first-order chi connectivity index (χ1) is 11.9. The Kier molecular flexibility index (Phi) is 5.24. The summed E-state index contributed by atoms with van der Waals surface area (Å²) in [5.41, 5.74) is 3.54. The third kappa shape index (κ3) is 3.93. The first kappa shape index (κ1) is 18.1. The van der Waals surface area contributed by atoms with Gasteiger partial charge in [-0.1, -0.05) is 0 Å². The van der Waals surface area contributed by atoms with Crippen LogP contribution in [0.4, 0.5) is 11.5 Å². The highest BCUT2D eigenvalue weighted by atomic mass is 79.9. The van der Waals surface area contributed by atoms with E-state index in [0.29, 0.717) is 22.9 Å². The molecule has 0 saturated heterocycles. The molecule has 1 N–H and O–H groups in total. The molecule has 1 aliphatic rings. The van der Waals surface area contributed by atoms with E-state index < -0.39 is 0 Å². The molecule has 1 atom stereocenters. The summed E-state index contributed by atoms with van der Waals surface area (Å²) in [5.74, 6) is 0.786. The summed E-state index contributed by atoms with van der Waals surface area (Å²) in [5, 5.41) is 3.17. The average molecular weight is 407 g/mol. The second-order valence-electron chi connectivity index (χ2n) is 6.63. The van der Waals surface area contributed by atoms with E-state index in [1.165, 1.54) is 0 Å². The van der Waals surface area contributed by atoms with Gasteiger partial charge in [-0.05, 0) is 67.1 Å². The van der Waals surface area contributed by atoms with Gasteiger partial charge in [0.1, 0.15) is 4.60 Å². The third-order valence-corrected chi connectivity index (χ3v) is 5.05. The van der Waals surface area contributed by atoms with Gasteiger partial charge in [0.15, 0.2) is 5.82 Å². The second kappa shape index (κ2) is 7.25. The molecule has 1 aliphatic carbocycles. The van der Waals surface area contributed by atoms with Crippen LogP contribution in [-0.4, -0.2) is 28.3 Å². The van der Waals surface area contributed by atoms with Gasteiger partial charge in [0.2, 0.25) is 0 Å². The van der Waals surface area contributed by atoms with Gasteiger partial charge in [0, 0.05) is 19.0 Å². The number of hydrogen-bond donors (Lipinski definition) is 1. The number of pyridine rings is 1. The van der Waals surface area contributed by atoms with Crippen LogP contribution in [0.15, 0.2) is 21.7 Å². The lowest BCUT2D eigenvalue weighted by Crippen LogP contribution is -2.31. The van der Waals surface area contributed by atoms with E-state index in [-0.39, 0.29) is 11.6 Å².